The SMILES string of the molecule is CNc1snc(C)c1C(=O)NN=C(c1ccccc1)c1ccccc1. The van der Waals surface area contributed by atoms with E-state index in [1.807, 2.05) is 67.6 Å². The molecule has 0 aliphatic rings. The van der Waals surface area contributed by atoms with Crippen LogP contribution in [-0.2, 0) is 0 Å². The van der Waals surface area contributed by atoms with Crippen molar-refractivity contribution < 1.29 is 4.79 Å². The van der Waals surface area contributed by atoms with Crippen molar-refractivity contribution in [3.63, 3.8) is 0 Å². The van der Waals surface area contributed by atoms with Gasteiger partial charge in [0.15, 0.2) is 0 Å². The van der Waals surface area contributed by atoms with Crippen LogP contribution < -0.4 is 10.7 Å². The first-order valence-corrected chi connectivity index (χ1v) is 8.61. The van der Waals surface area contributed by atoms with Gasteiger partial charge in [-0.05, 0) is 18.5 Å². The lowest BCUT2D eigenvalue weighted by Crippen LogP contribution is -2.21. The molecule has 0 saturated carbocycles. The summed E-state index contributed by atoms with van der Waals surface area (Å²) in [5, 5.41) is 8.13. The Morgan fingerprint density at radius 3 is 2.08 bits per heavy atom. The Balaban J connectivity index is 1.94. The first kappa shape index (κ1) is 16.9. The van der Waals surface area contributed by atoms with Crippen molar-refractivity contribution in [1.29, 1.82) is 0 Å². The maximum Gasteiger partial charge on any atom is 0.276 e. The average molecular weight is 350 g/mol. The normalized spacial score (nSPS) is 10.2. The number of aromatic nitrogens is 1. The van der Waals surface area contributed by atoms with E-state index in [-0.39, 0.29) is 5.91 Å². The average Bonchev–Trinajstić information content (AvgIpc) is 3.04. The molecule has 0 aliphatic carbocycles. The molecule has 0 atom stereocenters. The van der Waals surface area contributed by atoms with Crippen molar-refractivity contribution in [1.82, 2.24) is 9.80 Å². The van der Waals surface area contributed by atoms with E-state index < -0.39 is 0 Å². The van der Waals surface area contributed by atoms with Gasteiger partial charge >= 0.3 is 0 Å². The van der Waals surface area contributed by atoms with Crippen molar-refractivity contribution in [2.45, 2.75) is 6.92 Å². The molecule has 1 heterocycles. The molecule has 2 N–H and O–H groups in total. The van der Waals surface area contributed by atoms with Crippen molar-refractivity contribution in [3.05, 3.63) is 83.0 Å². The lowest BCUT2D eigenvalue weighted by atomic mass is 10.0. The molecule has 6 heteroatoms. The van der Waals surface area contributed by atoms with Gasteiger partial charge in [0.05, 0.1) is 17.0 Å². The molecule has 5 nitrogen and oxygen atoms in total. The van der Waals surface area contributed by atoms with Crippen LogP contribution in [-0.4, -0.2) is 23.0 Å². The minimum Gasteiger partial charge on any atom is -0.378 e. The molecule has 0 spiro atoms. The lowest BCUT2D eigenvalue weighted by molar-refractivity contribution is 0.0955. The Morgan fingerprint density at radius 2 is 1.56 bits per heavy atom. The highest BCUT2D eigenvalue weighted by Crippen LogP contribution is 2.23. The van der Waals surface area contributed by atoms with Crippen LogP contribution in [0.15, 0.2) is 65.8 Å². The standard InChI is InChI=1S/C19H18N4OS/c1-13-16(19(20-2)25-23-13)18(24)22-21-17(14-9-5-3-6-10-14)15-11-7-4-8-12-15/h3-12,20H,1-2H3,(H,22,24). The minimum atomic E-state index is -0.278. The van der Waals surface area contributed by atoms with Crippen LogP contribution in [0.25, 0.3) is 0 Å². The number of nitrogens with zero attached hydrogens (tertiary/aromatic N) is 2. The summed E-state index contributed by atoms with van der Waals surface area (Å²) in [7, 11) is 1.77. The maximum absolute atomic E-state index is 12.6. The molecular formula is C19H18N4OS. The smallest absolute Gasteiger partial charge is 0.276 e. The van der Waals surface area contributed by atoms with Crippen LogP contribution in [0.2, 0.25) is 0 Å². The number of rotatable bonds is 5. The van der Waals surface area contributed by atoms with Gasteiger partial charge in [-0.25, -0.2) is 5.43 Å². The first-order valence-electron chi connectivity index (χ1n) is 7.83. The van der Waals surface area contributed by atoms with Gasteiger partial charge in [0, 0.05) is 18.2 Å². The summed E-state index contributed by atoms with van der Waals surface area (Å²) in [6.45, 7) is 1.81. The van der Waals surface area contributed by atoms with Crippen molar-refractivity contribution in [2.24, 2.45) is 5.10 Å². The molecular weight excluding hydrogens is 332 g/mol. The summed E-state index contributed by atoms with van der Waals surface area (Å²) in [4.78, 5) is 12.6. The second kappa shape index (κ2) is 7.72. The van der Waals surface area contributed by atoms with Crippen LogP contribution in [0.1, 0.15) is 27.2 Å². The quantitative estimate of drug-likeness (QED) is 0.545. The third-order valence-electron chi connectivity index (χ3n) is 3.68. The zero-order valence-electron chi connectivity index (χ0n) is 14.0. The molecule has 0 aliphatic heterocycles. The third kappa shape index (κ3) is 3.75. The summed E-state index contributed by atoms with van der Waals surface area (Å²) in [5.41, 5.74) is 6.46. The molecule has 3 aromatic rings. The van der Waals surface area contributed by atoms with E-state index in [1.165, 1.54) is 11.5 Å². The second-order valence-electron chi connectivity index (χ2n) is 5.36. The first-order chi connectivity index (χ1) is 12.2. The molecule has 1 aromatic heterocycles. The lowest BCUT2D eigenvalue weighted by Gasteiger charge is -2.08. The molecule has 0 radical (unpaired) electrons. The van der Waals surface area contributed by atoms with E-state index in [2.05, 4.69) is 20.2 Å². The Morgan fingerprint density at radius 1 is 1.00 bits per heavy atom. The molecule has 0 unspecified atom stereocenters. The Bertz CT molecular complexity index is 847. The third-order valence-corrected chi connectivity index (χ3v) is 4.64. The van der Waals surface area contributed by atoms with Crippen LogP contribution >= 0.6 is 11.5 Å². The fourth-order valence-electron chi connectivity index (χ4n) is 2.46. The van der Waals surface area contributed by atoms with E-state index in [9.17, 15) is 4.79 Å². The fourth-order valence-corrected chi connectivity index (χ4v) is 3.20. The van der Waals surface area contributed by atoms with Crippen molar-refractivity contribution in [2.75, 3.05) is 12.4 Å². The zero-order valence-corrected chi connectivity index (χ0v) is 14.8. The Labute approximate surface area is 150 Å². The molecule has 0 bridgehead atoms. The van der Waals surface area contributed by atoms with Gasteiger partial charge in [0.1, 0.15) is 5.00 Å². The van der Waals surface area contributed by atoms with Gasteiger partial charge in [0.2, 0.25) is 0 Å². The van der Waals surface area contributed by atoms with E-state index in [4.69, 9.17) is 0 Å². The molecule has 126 valence electrons. The van der Waals surface area contributed by atoms with E-state index in [0.717, 1.165) is 16.1 Å². The van der Waals surface area contributed by atoms with Gasteiger partial charge in [-0.2, -0.15) is 9.47 Å². The number of hydrazone groups is 1. The minimum absolute atomic E-state index is 0.278. The van der Waals surface area contributed by atoms with Crippen LogP contribution in [0.4, 0.5) is 5.00 Å². The number of hydrogen-bond acceptors (Lipinski definition) is 5. The number of amides is 1. The van der Waals surface area contributed by atoms with Crippen LogP contribution in [0.3, 0.4) is 0 Å². The largest absolute Gasteiger partial charge is 0.378 e. The number of carbonyl (C=O) groups is 1. The number of anilines is 1. The molecule has 3 rings (SSSR count). The summed E-state index contributed by atoms with van der Waals surface area (Å²) < 4.78 is 4.22. The fraction of sp³-hybridized carbons (Fsp3) is 0.105. The second-order valence-corrected chi connectivity index (χ2v) is 6.13. The van der Waals surface area contributed by atoms with Gasteiger partial charge < -0.3 is 5.32 Å². The number of benzene rings is 2. The Hall–Kier alpha value is -2.99. The van der Waals surface area contributed by atoms with E-state index in [1.54, 1.807) is 7.05 Å². The van der Waals surface area contributed by atoms with Crippen molar-refractivity contribution >= 4 is 28.2 Å². The topological polar surface area (TPSA) is 66.4 Å². The molecule has 25 heavy (non-hydrogen) atoms. The molecule has 2 aromatic carbocycles. The monoisotopic (exact) mass is 350 g/mol. The summed E-state index contributed by atoms with van der Waals surface area (Å²) in [6.07, 6.45) is 0. The van der Waals surface area contributed by atoms with Gasteiger partial charge in [-0.3, -0.25) is 4.79 Å². The van der Waals surface area contributed by atoms with E-state index in [0.29, 0.717) is 17.0 Å². The summed E-state index contributed by atoms with van der Waals surface area (Å²) >= 11 is 1.26. The zero-order chi connectivity index (χ0) is 17.6. The highest BCUT2D eigenvalue weighted by Gasteiger charge is 2.17. The number of hydrogen-bond donors (Lipinski definition) is 2. The Kier molecular flexibility index (Phi) is 5.20. The van der Waals surface area contributed by atoms with Gasteiger partial charge in [0.25, 0.3) is 5.91 Å². The number of nitrogens with one attached hydrogen (secondary N) is 2. The van der Waals surface area contributed by atoms with Crippen molar-refractivity contribution in [3.8, 4) is 0 Å². The predicted octanol–water partition coefficient (Wildman–Crippen LogP) is 3.68. The maximum atomic E-state index is 12.6. The summed E-state index contributed by atoms with van der Waals surface area (Å²) in [6, 6.07) is 19.5. The predicted molar refractivity (Wildman–Crippen MR) is 102 cm³/mol. The highest BCUT2D eigenvalue weighted by molar-refractivity contribution is 7.10. The highest BCUT2D eigenvalue weighted by atomic mass is 32.1. The van der Waals surface area contributed by atoms with Gasteiger partial charge in [-0.1, -0.05) is 60.7 Å². The molecule has 0 fully saturated rings. The molecule has 1 amide bonds. The van der Waals surface area contributed by atoms with Crippen LogP contribution in [0, 0.1) is 6.92 Å². The van der Waals surface area contributed by atoms with E-state index >= 15 is 0 Å². The van der Waals surface area contributed by atoms with Crippen LogP contribution in [0.5, 0.6) is 0 Å². The summed E-state index contributed by atoms with van der Waals surface area (Å²) in [5.74, 6) is -0.278. The molecule has 0 saturated heterocycles. The number of carbonyl (C=O) groups excluding carboxylic acids is 1. The number of aryl methyl sites for hydroxylation is 1. The van der Waals surface area contributed by atoms with Gasteiger partial charge in [-0.15, -0.1) is 0 Å².